The quantitative estimate of drug-likeness (QED) is 0.873. The molecular formula is C13H12F3NS. The van der Waals surface area contributed by atoms with Gasteiger partial charge in [-0.05, 0) is 30.7 Å². The molecule has 18 heavy (non-hydrogen) atoms. The van der Waals surface area contributed by atoms with Gasteiger partial charge in [0.1, 0.15) is 0 Å². The number of rotatable bonds is 2. The number of halogens is 3. The van der Waals surface area contributed by atoms with Crippen LogP contribution < -0.4 is 5.73 Å². The maximum atomic E-state index is 12.9. The van der Waals surface area contributed by atoms with Gasteiger partial charge in [0, 0.05) is 9.75 Å². The maximum Gasteiger partial charge on any atom is 0.416 e. The van der Waals surface area contributed by atoms with Crippen molar-refractivity contribution >= 4 is 11.3 Å². The third-order valence-electron chi connectivity index (χ3n) is 2.67. The van der Waals surface area contributed by atoms with Crippen molar-refractivity contribution in [1.29, 1.82) is 0 Å². The molecular weight excluding hydrogens is 259 g/mol. The number of thiophene rings is 1. The highest BCUT2D eigenvalue weighted by Gasteiger charge is 2.34. The minimum atomic E-state index is -4.37. The van der Waals surface area contributed by atoms with E-state index in [0.717, 1.165) is 15.8 Å². The van der Waals surface area contributed by atoms with E-state index in [1.807, 2.05) is 13.0 Å². The number of nitrogens with two attached hydrogens (primary N) is 1. The molecule has 0 spiro atoms. The molecule has 0 aliphatic carbocycles. The normalized spacial score (nSPS) is 13.6. The van der Waals surface area contributed by atoms with Crippen LogP contribution in [-0.2, 0) is 6.18 Å². The molecule has 0 bridgehead atoms. The van der Waals surface area contributed by atoms with Crippen LogP contribution in [0, 0.1) is 6.92 Å². The van der Waals surface area contributed by atoms with Crippen molar-refractivity contribution in [2.75, 3.05) is 0 Å². The standard InChI is InChI=1S/C13H12F3NS/c1-8-6-7-11(18-8)12(17)9-4-2-3-5-10(9)13(14,15)16/h2-7,12H,17H2,1H3. The molecule has 1 heterocycles. The second kappa shape index (κ2) is 4.74. The molecule has 1 aromatic carbocycles. The Kier molecular flexibility index (Phi) is 3.45. The lowest BCUT2D eigenvalue weighted by Gasteiger charge is -2.17. The maximum absolute atomic E-state index is 12.9. The molecule has 1 atom stereocenters. The molecule has 0 amide bonds. The Morgan fingerprint density at radius 3 is 2.33 bits per heavy atom. The smallest absolute Gasteiger partial charge is 0.320 e. The predicted octanol–water partition coefficient (Wildman–Crippen LogP) is 4.12. The van der Waals surface area contributed by atoms with Gasteiger partial charge in [0.15, 0.2) is 0 Å². The Hall–Kier alpha value is -1.33. The van der Waals surface area contributed by atoms with Gasteiger partial charge in [-0.2, -0.15) is 13.2 Å². The van der Waals surface area contributed by atoms with Gasteiger partial charge in [-0.25, -0.2) is 0 Å². The van der Waals surface area contributed by atoms with Gasteiger partial charge in [-0.15, -0.1) is 11.3 Å². The Bertz CT molecular complexity index is 545. The summed E-state index contributed by atoms with van der Waals surface area (Å²) >= 11 is 1.42. The van der Waals surface area contributed by atoms with E-state index in [-0.39, 0.29) is 5.56 Å². The average molecular weight is 271 g/mol. The van der Waals surface area contributed by atoms with Crippen molar-refractivity contribution in [2.24, 2.45) is 5.73 Å². The molecule has 1 aromatic heterocycles. The van der Waals surface area contributed by atoms with E-state index >= 15 is 0 Å². The van der Waals surface area contributed by atoms with Crippen molar-refractivity contribution in [2.45, 2.75) is 19.1 Å². The summed E-state index contributed by atoms with van der Waals surface area (Å²) in [6.07, 6.45) is -4.37. The van der Waals surface area contributed by atoms with Crippen LogP contribution in [0.4, 0.5) is 13.2 Å². The van der Waals surface area contributed by atoms with E-state index in [1.54, 1.807) is 12.1 Å². The molecule has 2 N–H and O–H groups in total. The summed E-state index contributed by atoms with van der Waals surface area (Å²) in [6, 6.07) is 8.34. The van der Waals surface area contributed by atoms with Crippen molar-refractivity contribution in [1.82, 2.24) is 0 Å². The summed E-state index contributed by atoms with van der Waals surface area (Å²) < 4.78 is 38.6. The van der Waals surface area contributed by atoms with Crippen molar-refractivity contribution < 1.29 is 13.2 Å². The lowest BCUT2D eigenvalue weighted by atomic mass is 9.99. The molecule has 5 heteroatoms. The first-order chi connectivity index (χ1) is 8.39. The highest BCUT2D eigenvalue weighted by Crippen LogP contribution is 2.36. The van der Waals surface area contributed by atoms with Gasteiger partial charge < -0.3 is 5.73 Å². The molecule has 2 rings (SSSR count). The predicted molar refractivity (Wildman–Crippen MR) is 66.5 cm³/mol. The number of aryl methyl sites for hydroxylation is 1. The Morgan fingerprint density at radius 2 is 1.78 bits per heavy atom. The van der Waals surface area contributed by atoms with Crippen molar-refractivity contribution in [3.63, 3.8) is 0 Å². The van der Waals surface area contributed by atoms with Gasteiger partial charge in [0.05, 0.1) is 11.6 Å². The van der Waals surface area contributed by atoms with Crippen LogP contribution in [0.25, 0.3) is 0 Å². The molecule has 2 aromatic rings. The van der Waals surface area contributed by atoms with E-state index in [1.165, 1.54) is 23.5 Å². The Labute approximate surface area is 107 Å². The van der Waals surface area contributed by atoms with E-state index in [4.69, 9.17) is 5.73 Å². The molecule has 0 aliphatic rings. The molecule has 0 saturated carbocycles. The minimum absolute atomic E-state index is 0.117. The fraction of sp³-hybridized carbons (Fsp3) is 0.231. The zero-order valence-corrected chi connectivity index (χ0v) is 10.5. The van der Waals surface area contributed by atoms with Gasteiger partial charge in [-0.1, -0.05) is 18.2 Å². The van der Waals surface area contributed by atoms with Gasteiger partial charge in [0.25, 0.3) is 0 Å². The van der Waals surface area contributed by atoms with E-state index in [0.29, 0.717) is 0 Å². The third-order valence-corrected chi connectivity index (χ3v) is 3.75. The zero-order chi connectivity index (χ0) is 13.3. The summed E-state index contributed by atoms with van der Waals surface area (Å²) in [5, 5.41) is 0. The number of benzene rings is 1. The highest BCUT2D eigenvalue weighted by atomic mass is 32.1. The molecule has 0 fully saturated rings. The molecule has 1 nitrogen and oxygen atoms in total. The fourth-order valence-corrected chi connectivity index (χ4v) is 2.70. The summed E-state index contributed by atoms with van der Waals surface area (Å²) in [5.41, 5.74) is 5.39. The van der Waals surface area contributed by atoms with Gasteiger partial charge in [0.2, 0.25) is 0 Å². The van der Waals surface area contributed by atoms with E-state index in [2.05, 4.69) is 0 Å². The lowest BCUT2D eigenvalue weighted by Crippen LogP contribution is -2.17. The average Bonchev–Trinajstić information content (AvgIpc) is 2.74. The molecule has 0 radical (unpaired) electrons. The first-order valence-electron chi connectivity index (χ1n) is 5.37. The van der Waals surface area contributed by atoms with E-state index in [9.17, 15) is 13.2 Å². The first-order valence-corrected chi connectivity index (χ1v) is 6.19. The van der Waals surface area contributed by atoms with Crippen LogP contribution in [0.3, 0.4) is 0 Å². The largest absolute Gasteiger partial charge is 0.416 e. The van der Waals surface area contributed by atoms with Crippen molar-refractivity contribution in [3.05, 3.63) is 57.3 Å². The van der Waals surface area contributed by atoms with E-state index < -0.39 is 17.8 Å². The number of hydrogen-bond donors (Lipinski definition) is 1. The van der Waals surface area contributed by atoms with Gasteiger partial charge in [-0.3, -0.25) is 0 Å². The summed E-state index contributed by atoms with van der Waals surface area (Å²) in [7, 11) is 0. The first kappa shape index (κ1) is 13.1. The van der Waals surface area contributed by atoms with Crippen molar-refractivity contribution in [3.8, 4) is 0 Å². The van der Waals surface area contributed by atoms with Crippen LogP contribution in [0.2, 0.25) is 0 Å². The van der Waals surface area contributed by atoms with Crippen LogP contribution >= 0.6 is 11.3 Å². The van der Waals surface area contributed by atoms with Crippen LogP contribution in [0.1, 0.15) is 26.9 Å². The summed E-state index contributed by atoms with van der Waals surface area (Å²) in [6.45, 7) is 1.90. The van der Waals surface area contributed by atoms with Gasteiger partial charge >= 0.3 is 6.18 Å². The topological polar surface area (TPSA) is 26.0 Å². The summed E-state index contributed by atoms with van der Waals surface area (Å²) in [5.74, 6) is 0. The third kappa shape index (κ3) is 2.57. The highest BCUT2D eigenvalue weighted by molar-refractivity contribution is 7.12. The summed E-state index contributed by atoms with van der Waals surface area (Å²) in [4.78, 5) is 1.77. The zero-order valence-electron chi connectivity index (χ0n) is 9.66. The monoisotopic (exact) mass is 271 g/mol. The SMILES string of the molecule is Cc1ccc(C(N)c2ccccc2C(F)(F)F)s1. The second-order valence-electron chi connectivity index (χ2n) is 4.01. The Morgan fingerprint density at radius 1 is 1.11 bits per heavy atom. The molecule has 1 unspecified atom stereocenters. The number of hydrogen-bond acceptors (Lipinski definition) is 2. The molecule has 0 saturated heterocycles. The van der Waals surface area contributed by atoms with Crippen LogP contribution in [-0.4, -0.2) is 0 Å². The minimum Gasteiger partial charge on any atom is -0.320 e. The molecule has 0 aliphatic heterocycles. The Balaban J connectivity index is 2.45. The second-order valence-corrected chi connectivity index (χ2v) is 5.33. The lowest BCUT2D eigenvalue weighted by molar-refractivity contribution is -0.138. The fourth-order valence-electron chi connectivity index (χ4n) is 1.80. The molecule has 96 valence electrons. The van der Waals surface area contributed by atoms with Crippen LogP contribution in [0.5, 0.6) is 0 Å². The number of alkyl halides is 3. The van der Waals surface area contributed by atoms with Crippen LogP contribution in [0.15, 0.2) is 36.4 Å².